The lowest BCUT2D eigenvalue weighted by Gasteiger charge is -2.07. The first-order valence-electron chi connectivity index (χ1n) is 9.89. The molecule has 160 valence electrons. The lowest BCUT2D eigenvalue weighted by Crippen LogP contribution is -2.09. The summed E-state index contributed by atoms with van der Waals surface area (Å²) in [6.45, 7) is 3.45. The van der Waals surface area contributed by atoms with Gasteiger partial charge in [-0.2, -0.15) is 0 Å². The van der Waals surface area contributed by atoms with Crippen LogP contribution in [-0.2, 0) is 21.2 Å². The van der Waals surface area contributed by atoms with Crippen LogP contribution in [0.25, 0.3) is 33.4 Å². The summed E-state index contributed by atoms with van der Waals surface area (Å²) in [6, 6.07) is 16.8. The SMILES string of the molecule is CC(=O)CCc1oc2ccc(-c3cccc(NS(C)(=O)=O)c3)cc2c1-c1ccc(C)o1. The van der Waals surface area contributed by atoms with Gasteiger partial charge in [0.25, 0.3) is 0 Å². The molecule has 0 fully saturated rings. The molecule has 6 nitrogen and oxygen atoms in total. The van der Waals surface area contributed by atoms with E-state index in [-0.39, 0.29) is 5.78 Å². The van der Waals surface area contributed by atoms with Gasteiger partial charge in [0.15, 0.2) is 0 Å². The van der Waals surface area contributed by atoms with Crippen LogP contribution in [-0.4, -0.2) is 20.5 Å². The summed E-state index contributed by atoms with van der Waals surface area (Å²) in [5.41, 5.74) is 3.82. The van der Waals surface area contributed by atoms with E-state index in [1.807, 2.05) is 43.3 Å². The number of fused-ring (bicyclic) bond motifs is 1. The summed E-state index contributed by atoms with van der Waals surface area (Å²) in [7, 11) is -3.37. The Labute approximate surface area is 180 Å². The molecule has 7 heteroatoms. The van der Waals surface area contributed by atoms with Gasteiger partial charge in [0, 0.05) is 23.9 Å². The Hall–Kier alpha value is -3.32. The number of rotatable bonds is 7. The maximum Gasteiger partial charge on any atom is 0.229 e. The molecule has 0 atom stereocenters. The minimum absolute atomic E-state index is 0.0953. The largest absolute Gasteiger partial charge is 0.461 e. The van der Waals surface area contributed by atoms with E-state index in [4.69, 9.17) is 8.83 Å². The molecule has 2 aromatic heterocycles. The second kappa shape index (κ2) is 8.07. The van der Waals surface area contributed by atoms with Crippen LogP contribution in [0.3, 0.4) is 0 Å². The van der Waals surface area contributed by atoms with Crippen LogP contribution in [0.4, 0.5) is 5.69 Å². The second-order valence-corrected chi connectivity index (χ2v) is 9.43. The third-order valence-corrected chi connectivity index (χ3v) is 5.56. The van der Waals surface area contributed by atoms with Gasteiger partial charge < -0.3 is 13.6 Å². The first kappa shape index (κ1) is 20.9. The van der Waals surface area contributed by atoms with Crippen molar-refractivity contribution in [3.8, 4) is 22.5 Å². The molecule has 2 aromatic carbocycles. The second-order valence-electron chi connectivity index (χ2n) is 7.68. The fraction of sp³-hybridized carbons (Fsp3) is 0.208. The van der Waals surface area contributed by atoms with Gasteiger partial charge in [0.05, 0.1) is 11.8 Å². The maximum absolute atomic E-state index is 11.6. The lowest BCUT2D eigenvalue weighted by molar-refractivity contribution is -0.117. The van der Waals surface area contributed by atoms with Crippen molar-refractivity contribution in [1.29, 1.82) is 0 Å². The van der Waals surface area contributed by atoms with E-state index < -0.39 is 10.0 Å². The number of hydrogen-bond donors (Lipinski definition) is 1. The first-order chi connectivity index (χ1) is 14.7. The van der Waals surface area contributed by atoms with Gasteiger partial charge in [-0.3, -0.25) is 4.72 Å². The molecule has 0 radical (unpaired) electrons. The van der Waals surface area contributed by atoms with E-state index in [9.17, 15) is 13.2 Å². The Morgan fingerprint density at radius 2 is 1.77 bits per heavy atom. The van der Waals surface area contributed by atoms with Crippen molar-refractivity contribution in [3.63, 3.8) is 0 Å². The van der Waals surface area contributed by atoms with Crippen molar-refractivity contribution in [1.82, 2.24) is 0 Å². The van der Waals surface area contributed by atoms with E-state index in [0.29, 0.717) is 35.6 Å². The van der Waals surface area contributed by atoms with Crippen molar-refractivity contribution < 1.29 is 22.0 Å². The maximum atomic E-state index is 11.6. The highest BCUT2D eigenvalue weighted by Gasteiger charge is 2.20. The van der Waals surface area contributed by atoms with Gasteiger partial charge in [0.1, 0.15) is 28.6 Å². The number of sulfonamides is 1. The van der Waals surface area contributed by atoms with Crippen molar-refractivity contribution >= 4 is 32.5 Å². The zero-order valence-electron chi connectivity index (χ0n) is 17.6. The van der Waals surface area contributed by atoms with E-state index >= 15 is 0 Å². The predicted molar refractivity (Wildman–Crippen MR) is 122 cm³/mol. The predicted octanol–water partition coefficient (Wildman–Crippen LogP) is 5.56. The number of Topliss-reactive ketones (excluding diaryl/α,β-unsaturated/α-hetero) is 1. The number of ketones is 1. The van der Waals surface area contributed by atoms with Crippen molar-refractivity contribution in [2.24, 2.45) is 0 Å². The van der Waals surface area contributed by atoms with Crippen molar-refractivity contribution in [2.45, 2.75) is 26.7 Å². The van der Waals surface area contributed by atoms with Crippen LogP contribution in [0.5, 0.6) is 0 Å². The number of benzene rings is 2. The van der Waals surface area contributed by atoms with Gasteiger partial charge in [-0.25, -0.2) is 8.42 Å². The Morgan fingerprint density at radius 1 is 1.00 bits per heavy atom. The summed E-state index contributed by atoms with van der Waals surface area (Å²) < 4.78 is 37.6. The summed E-state index contributed by atoms with van der Waals surface area (Å²) in [5, 5.41) is 0.881. The summed E-state index contributed by atoms with van der Waals surface area (Å²) in [5.74, 6) is 2.29. The molecule has 0 bridgehead atoms. The molecule has 0 aliphatic heterocycles. The standard InChI is InChI=1S/C24H23NO5S/c1-15(26)7-10-23-24(22-11-8-16(2)29-22)20-14-18(9-12-21(20)30-23)17-5-4-6-19(13-17)25-31(3,27)28/h4-6,8-9,11-14,25H,7,10H2,1-3H3. The minimum atomic E-state index is -3.37. The van der Waals surface area contributed by atoms with Crippen LogP contribution in [0.1, 0.15) is 24.9 Å². The molecule has 4 aromatic rings. The summed E-state index contributed by atoms with van der Waals surface area (Å²) in [6.07, 6.45) is 2.00. The molecular weight excluding hydrogens is 414 g/mol. The van der Waals surface area contributed by atoms with Gasteiger partial charge in [-0.1, -0.05) is 18.2 Å². The van der Waals surface area contributed by atoms with Crippen LogP contribution < -0.4 is 4.72 Å². The smallest absolute Gasteiger partial charge is 0.229 e. The molecule has 2 heterocycles. The van der Waals surface area contributed by atoms with Crippen molar-refractivity contribution in [3.05, 3.63) is 66.1 Å². The Bertz CT molecular complexity index is 1380. The molecule has 4 rings (SSSR count). The molecule has 0 unspecified atom stereocenters. The van der Waals surface area contributed by atoms with Gasteiger partial charge in [-0.05, 0) is 61.4 Å². The highest BCUT2D eigenvalue weighted by molar-refractivity contribution is 7.92. The van der Waals surface area contributed by atoms with E-state index in [0.717, 1.165) is 34.1 Å². The molecule has 31 heavy (non-hydrogen) atoms. The van der Waals surface area contributed by atoms with Crippen LogP contribution in [0.15, 0.2) is 63.4 Å². The molecule has 0 aliphatic carbocycles. The highest BCUT2D eigenvalue weighted by atomic mass is 32.2. The quantitative estimate of drug-likeness (QED) is 0.409. The fourth-order valence-electron chi connectivity index (χ4n) is 3.61. The molecule has 0 saturated carbocycles. The topological polar surface area (TPSA) is 89.5 Å². The molecule has 0 spiro atoms. The fourth-order valence-corrected chi connectivity index (χ4v) is 4.16. The third kappa shape index (κ3) is 4.72. The number of carbonyl (C=O) groups excluding carboxylic acids is 1. The average molecular weight is 438 g/mol. The zero-order chi connectivity index (χ0) is 22.2. The third-order valence-electron chi connectivity index (χ3n) is 4.95. The van der Waals surface area contributed by atoms with Gasteiger partial charge >= 0.3 is 0 Å². The van der Waals surface area contributed by atoms with Crippen LogP contribution >= 0.6 is 0 Å². The molecule has 0 aliphatic rings. The Morgan fingerprint density at radius 3 is 2.45 bits per heavy atom. The normalized spacial score (nSPS) is 11.7. The van der Waals surface area contributed by atoms with E-state index in [1.54, 1.807) is 25.1 Å². The Kier molecular flexibility index (Phi) is 5.45. The van der Waals surface area contributed by atoms with Gasteiger partial charge in [0.2, 0.25) is 10.0 Å². The lowest BCUT2D eigenvalue weighted by atomic mass is 10.00. The number of nitrogens with one attached hydrogen (secondary N) is 1. The zero-order valence-corrected chi connectivity index (χ0v) is 18.4. The molecule has 0 saturated heterocycles. The number of carbonyl (C=O) groups is 1. The summed E-state index contributed by atoms with van der Waals surface area (Å²) >= 11 is 0. The summed E-state index contributed by atoms with van der Waals surface area (Å²) in [4.78, 5) is 11.5. The van der Waals surface area contributed by atoms with Crippen LogP contribution in [0.2, 0.25) is 0 Å². The molecule has 0 amide bonds. The van der Waals surface area contributed by atoms with Crippen molar-refractivity contribution in [2.75, 3.05) is 11.0 Å². The highest BCUT2D eigenvalue weighted by Crippen LogP contribution is 2.39. The number of anilines is 1. The number of aryl methyl sites for hydroxylation is 2. The molecule has 1 N–H and O–H groups in total. The van der Waals surface area contributed by atoms with E-state index in [1.165, 1.54) is 0 Å². The monoisotopic (exact) mass is 437 g/mol. The average Bonchev–Trinajstić information content (AvgIpc) is 3.27. The van der Waals surface area contributed by atoms with E-state index in [2.05, 4.69) is 4.72 Å². The molecular formula is C24H23NO5S. The van der Waals surface area contributed by atoms with Gasteiger partial charge in [-0.15, -0.1) is 0 Å². The first-order valence-corrected chi connectivity index (χ1v) is 11.8. The minimum Gasteiger partial charge on any atom is -0.461 e. The van der Waals surface area contributed by atoms with Crippen LogP contribution in [0, 0.1) is 6.92 Å². The Balaban J connectivity index is 1.83. The number of furan rings is 2. The number of hydrogen-bond acceptors (Lipinski definition) is 5.